The number of ether oxygens (including phenoxy) is 2. The Morgan fingerprint density at radius 1 is 1.12 bits per heavy atom. The summed E-state index contributed by atoms with van der Waals surface area (Å²) in [5.74, 6) is -1.03. The number of imide groups is 2. The second kappa shape index (κ2) is 9.81. The van der Waals surface area contributed by atoms with Gasteiger partial charge in [-0.05, 0) is 49.2 Å². The molecule has 0 bridgehead atoms. The van der Waals surface area contributed by atoms with Crippen LogP contribution in [0.25, 0.3) is 6.08 Å². The van der Waals surface area contributed by atoms with E-state index in [9.17, 15) is 14.4 Å². The van der Waals surface area contributed by atoms with E-state index >= 15 is 0 Å². The van der Waals surface area contributed by atoms with E-state index in [1.807, 2.05) is 13.8 Å². The van der Waals surface area contributed by atoms with Crippen molar-refractivity contribution >= 4 is 64.4 Å². The van der Waals surface area contributed by atoms with Crippen LogP contribution >= 0.6 is 34.8 Å². The first kappa shape index (κ1) is 23.9. The lowest BCUT2D eigenvalue weighted by atomic mass is 10.1. The molecular weight excluding hydrogens is 479 g/mol. The summed E-state index contributed by atoms with van der Waals surface area (Å²) >= 11 is 18.6. The van der Waals surface area contributed by atoms with Gasteiger partial charge in [-0.25, -0.2) is 9.69 Å². The van der Waals surface area contributed by atoms with Gasteiger partial charge in [0.2, 0.25) is 0 Å². The van der Waals surface area contributed by atoms with Crippen LogP contribution in [-0.2, 0) is 9.59 Å². The van der Waals surface area contributed by atoms with Crippen LogP contribution in [0.15, 0.2) is 35.9 Å². The molecule has 0 saturated carbocycles. The Kier molecular flexibility index (Phi) is 7.33. The second-order valence-corrected chi connectivity index (χ2v) is 8.09. The average molecular weight is 498 g/mol. The molecule has 0 unspecified atom stereocenters. The largest absolute Gasteiger partial charge is 0.493 e. The van der Waals surface area contributed by atoms with Crippen LogP contribution in [0.4, 0.5) is 10.5 Å². The summed E-state index contributed by atoms with van der Waals surface area (Å²) in [4.78, 5) is 38.7. The third-order valence-electron chi connectivity index (χ3n) is 4.73. The van der Waals surface area contributed by atoms with Crippen molar-refractivity contribution in [3.8, 4) is 11.5 Å². The number of nitrogens with zero attached hydrogens (tertiary/aromatic N) is 1. The molecule has 4 amide bonds. The summed E-state index contributed by atoms with van der Waals surface area (Å²) in [7, 11) is 1.45. The van der Waals surface area contributed by atoms with Gasteiger partial charge in [0.05, 0.1) is 34.0 Å². The monoisotopic (exact) mass is 496 g/mol. The maximum absolute atomic E-state index is 13.1. The van der Waals surface area contributed by atoms with E-state index in [1.54, 1.807) is 6.07 Å². The van der Waals surface area contributed by atoms with Crippen LogP contribution in [0.2, 0.25) is 15.1 Å². The van der Waals surface area contributed by atoms with Gasteiger partial charge in [-0.2, -0.15) is 0 Å². The van der Waals surface area contributed by atoms with Gasteiger partial charge >= 0.3 is 6.03 Å². The van der Waals surface area contributed by atoms with E-state index in [4.69, 9.17) is 44.3 Å². The Labute approximate surface area is 199 Å². The number of hydrogen-bond acceptors (Lipinski definition) is 5. The highest BCUT2D eigenvalue weighted by molar-refractivity contribution is 6.46. The van der Waals surface area contributed by atoms with Crippen LogP contribution in [-0.4, -0.2) is 31.1 Å². The van der Waals surface area contributed by atoms with Crippen LogP contribution in [0.3, 0.4) is 0 Å². The smallest absolute Gasteiger partial charge is 0.336 e. The van der Waals surface area contributed by atoms with Gasteiger partial charge in [-0.1, -0.05) is 47.8 Å². The number of nitrogens with one attached hydrogen (secondary N) is 1. The van der Waals surface area contributed by atoms with Crippen molar-refractivity contribution in [3.63, 3.8) is 0 Å². The number of urea groups is 1. The van der Waals surface area contributed by atoms with E-state index in [-0.39, 0.29) is 32.4 Å². The minimum atomic E-state index is -0.936. The van der Waals surface area contributed by atoms with Crippen molar-refractivity contribution in [2.24, 2.45) is 0 Å². The predicted molar refractivity (Wildman–Crippen MR) is 124 cm³/mol. The molecule has 7 nitrogen and oxygen atoms in total. The number of amides is 4. The molecule has 1 fully saturated rings. The first-order valence-electron chi connectivity index (χ1n) is 9.57. The topological polar surface area (TPSA) is 84.9 Å². The molecule has 2 aromatic carbocycles. The van der Waals surface area contributed by atoms with Crippen molar-refractivity contribution in [1.29, 1.82) is 0 Å². The minimum Gasteiger partial charge on any atom is -0.493 e. The number of benzene rings is 2. The Bertz CT molecular complexity index is 1130. The quantitative estimate of drug-likeness (QED) is 0.421. The molecule has 0 radical (unpaired) electrons. The van der Waals surface area contributed by atoms with E-state index in [0.29, 0.717) is 17.1 Å². The molecule has 1 saturated heterocycles. The summed E-state index contributed by atoms with van der Waals surface area (Å²) in [6.45, 7) is 3.86. The first-order chi connectivity index (χ1) is 15.2. The van der Waals surface area contributed by atoms with Crippen LogP contribution in [0, 0.1) is 0 Å². The zero-order valence-electron chi connectivity index (χ0n) is 17.4. The fourth-order valence-corrected chi connectivity index (χ4v) is 3.57. The summed E-state index contributed by atoms with van der Waals surface area (Å²) in [6.07, 6.45) is 1.96. The Balaban J connectivity index is 2.04. The zero-order valence-corrected chi connectivity index (χ0v) is 19.6. The zero-order chi connectivity index (χ0) is 23.6. The number of hydrogen-bond donors (Lipinski definition) is 1. The van der Waals surface area contributed by atoms with Gasteiger partial charge in [0.25, 0.3) is 11.8 Å². The van der Waals surface area contributed by atoms with Gasteiger partial charge in [-0.15, -0.1) is 0 Å². The van der Waals surface area contributed by atoms with E-state index in [2.05, 4.69) is 5.32 Å². The van der Waals surface area contributed by atoms with E-state index in [0.717, 1.165) is 11.3 Å². The standard InChI is InChI=1S/C22H19Cl3N2O5/c1-4-11(2)32-19-15(24)9-12(10-17(19)31-3)8-13-20(28)26-22(30)27(21(13)29)16-7-5-6-14(23)18(16)25/h5-11H,4H2,1-3H3,(H,26,28,30)/b13-8+/t11-/m1/s1. The molecule has 1 aliphatic heterocycles. The summed E-state index contributed by atoms with van der Waals surface area (Å²) < 4.78 is 11.2. The Morgan fingerprint density at radius 3 is 2.50 bits per heavy atom. The number of barbiturate groups is 1. The van der Waals surface area contributed by atoms with Crippen molar-refractivity contribution in [1.82, 2.24) is 5.32 Å². The molecule has 10 heteroatoms. The predicted octanol–water partition coefficient (Wildman–Crippen LogP) is 5.50. The van der Waals surface area contributed by atoms with Gasteiger partial charge in [-0.3, -0.25) is 14.9 Å². The molecule has 1 N–H and O–H groups in total. The molecule has 32 heavy (non-hydrogen) atoms. The molecule has 2 aromatic rings. The maximum Gasteiger partial charge on any atom is 0.336 e. The Morgan fingerprint density at radius 2 is 1.84 bits per heavy atom. The fourth-order valence-electron chi connectivity index (χ4n) is 2.93. The SMILES string of the molecule is CC[C@@H](C)Oc1c(Cl)cc(/C=C2\C(=O)NC(=O)N(c3cccc(Cl)c3Cl)C2=O)cc1OC. The maximum atomic E-state index is 13.1. The molecule has 1 aliphatic rings. The van der Waals surface area contributed by atoms with Gasteiger partial charge in [0.15, 0.2) is 11.5 Å². The number of carbonyl (C=O) groups is 3. The van der Waals surface area contributed by atoms with Crippen LogP contribution in [0.5, 0.6) is 11.5 Å². The lowest BCUT2D eigenvalue weighted by Gasteiger charge is -2.27. The first-order valence-corrected chi connectivity index (χ1v) is 10.7. The van der Waals surface area contributed by atoms with Crippen LogP contribution < -0.4 is 19.7 Å². The van der Waals surface area contributed by atoms with Gasteiger partial charge in [0, 0.05) is 0 Å². The highest BCUT2D eigenvalue weighted by Crippen LogP contribution is 2.39. The summed E-state index contributed by atoms with van der Waals surface area (Å²) in [5.41, 5.74) is 0.149. The lowest BCUT2D eigenvalue weighted by molar-refractivity contribution is -0.122. The summed E-state index contributed by atoms with van der Waals surface area (Å²) in [5, 5.41) is 2.53. The molecule has 0 spiro atoms. The molecule has 3 rings (SSSR count). The normalized spacial score (nSPS) is 16.2. The number of methoxy groups -OCH3 is 1. The molecule has 1 atom stereocenters. The fraction of sp³-hybridized carbons (Fsp3) is 0.227. The average Bonchev–Trinajstić information content (AvgIpc) is 2.75. The van der Waals surface area contributed by atoms with Crippen molar-refractivity contribution in [3.05, 3.63) is 56.5 Å². The van der Waals surface area contributed by atoms with Crippen molar-refractivity contribution in [2.75, 3.05) is 12.0 Å². The highest BCUT2D eigenvalue weighted by atomic mass is 35.5. The van der Waals surface area contributed by atoms with Gasteiger partial charge in [0.1, 0.15) is 5.57 Å². The summed E-state index contributed by atoms with van der Waals surface area (Å²) in [6, 6.07) is 6.66. The lowest BCUT2D eigenvalue weighted by Crippen LogP contribution is -2.54. The van der Waals surface area contributed by atoms with Crippen LogP contribution in [0.1, 0.15) is 25.8 Å². The molecule has 1 heterocycles. The van der Waals surface area contributed by atoms with Crippen molar-refractivity contribution < 1.29 is 23.9 Å². The van der Waals surface area contributed by atoms with Crippen molar-refractivity contribution in [2.45, 2.75) is 26.4 Å². The number of halogens is 3. The Hall–Kier alpha value is -2.74. The molecule has 168 valence electrons. The third-order valence-corrected chi connectivity index (χ3v) is 5.82. The molecular formula is C22H19Cl3N2O5. The molecule has 0 aromatic heterocycles. The second-order valence-electron chi connectivity index (χ2n) is 6.90. The minimum absolute atomic E-state index is 0.00243. The molecule has 0 aliphatic carbocycles. The number of carbonyl (C=O) groups excluding carboxylic acids is 3. The van der Waals surface area contributed by atoms with E-state index < -0.39 is 17.8 Å². The number of anilines is 1. The van der Waals surface area contributed by atoms with Gasteiger partial charge < -0.3 is 9.47 Å². The third kappa shape index (κ3) is 4.70. The van der Waals surface area contributed by atoms with E-state index in [1.165, 1.54) is 37.5 Å². The highest BCUT2D eigenvalue weighted by Gasteiger charge is 2.38. The number of rotatable bonds is 6.